The Kier molecular flexibility index (Phi) is 7.53. The third-order valence-corrected chi connectivity index (χ3v) is 11.3. The summed E-state index contributed by atoms with van der Waals surface area (Å²) in [5.41, 5.74) is 12.2. The van der Waals surface area contributed by atoms with Gasteiger partial charge in [0.2, 0.25) is 0 Å². The van der Waals surface area contributed by atoms with Crippen LogP contribution in [0.15, 0.2) is 217 Å². The standard InChI is InChI=1S/C54H35NO/c1-2-10-42-34-43(22-20-36(42)8-1)40-26-31-47(32-27-40)55(51-13-7-15-53-54(51)50-12-5-6-14-52(50)56-53)46-29-24-38(25-30-46)37-16-18-39(19-17-37)44-28-33-49-45(35-44)23-21-41-9-3-4-11-48(41)49/h1-35H. The first-order valence-electron chi connectivity index (χ1n) is 19.2. The van der Waals surface area contributed by atoms with E-state index in [9.17, 15) is 0 Å². The largest absolute Gasteiger partial charge is 0.456 e. The van der Waals surface area contributed by atoms with Gasteiger partial charge in [-0.05, 0) is 120 Å². The van der Waals surface area contributed by atoms with Gasteiger partial charge in [-0.25, -0.2) is 0 Å². The van der Waals surface area contributed by atoms with E-state index in [-0.39, 0.29) is 0 Å². The van der Waals surface area contributed by atoms with Crippen molar-refractivity contribution in [3.05, 3.63) is 212 Å². The van der Waals surface area contributed by atoms with E-state index in [4.69, 9.17) is 4.42 Å². The van der Waals surface area contributed by atoms with Crippen LogP contribution in [0.4, 0.5) is 17.1 Å². The summed E-state index contributed by atoms with van der Waals surface area (Å²) < 4.78 is 6.36. The highest BCUT2D eigenvalue weighted by Gasteiger charge is 2.19. The number of para-hydroxylation sites is 1. The zero-order chi connectivity index (χ0) is 37.0. The molecule has 1 aromatic heterocycles. The van der Waals surface area contributed by atoms with Crippen molar-refractivity contribution in [3.63, 3.8) is 0 Å². The van der Waals surface area contributed by atoms with Gasteiger partial charge in [-0.1, -0.05) is 158 Å². The molecular weight excluding hydrogens is 679 g/mol. The van der Waals surface area contributed by atoms with Gasteiger partial charge in [0.25, 0.3) is 0 Å². The third kappa shape index (κ3) is 5.51. The molecule has 0 bridgehead atoms. The number of fused-ring (bicyclic) bond motifs is 7. The summed E-state index contributed by atoms with van der Waals surface area (Å²) in [6.07, 6.45) is 0. The van der Waals surface area contributed by atoms with Gasteiger partial charge >= 0.3 is 0 Å². The van der Waals surface area contributed by atoms with Crippen molar-refractivity contribution >= 4 is 71.3 Å². The SMILES string of the molecule is c1ccc2cc(-c3ccc(N(c4ccc(-c5ccc(-c6ccc7c(ccc8ccccc87)c6)cc5)cc4)c4cccc5oc6ccccc6c45)cc3)ccc2c1. The van der Waals surface area contributed by atoms with Gasteiger partial charge in [0.15, 0.2) is 0 Å². The molecule has 0 spiro atoms. The molecule has 0 aliphatic carbocycles. The average molecular weight is 714 g/mol. The fraction of sp³-hybridized carbons (Fsp3) is 0. The van der Waals surface area contributed by atoms with Crippen LogP contribution in [0.2, 0.25) is 0 Å². The van der Waals surface area contributed by atoms with E-state index in [1.54, 1.807) is 0 Å². The monoisotopic (exact) mass is 713 g/mol. The molecule has 0 saturated carbocycles. The highest BCUT2D eigenvalue weighted by molar-refractivity contribution is 6.13. The molecule has 10 aromatic carbocycles. The van der Waals surface area contributed by atoms with E-state index >= 15 is 0 Å². The number of furan rings is 1. The normalized spacial score (nSPS) is 11.6. The van der Waals surface area contributed by atoms with Crippen molar-refractivity contribution in [1.29, 1.82) is 0 Å². The maximum Gasteiger partial charge on any atom is 0.137 e. The van der Waals surface area contributed by atoms with Crippen molar-refractivity contribution in [1.82, 2.24) is 0 Å². The minimum absolute atomic E-state index is 0.873. The van der Waals surface area contributed by atoms with Crippen LogP contribution in [0.3, 0.4) is 0 Å². The molecular formula is C54H35NO. The summed E-state index contributed by atoms with van der Waals surface area (Å²) in [5.74, 6) is 0. The number of rotatable bonds is 6. The van der Waals surface area contributed by atoms with Gasteiger partial charge in [-0.2, -0.15) is 0 Å². The van der Waals surface area contributed by atoms with Crippen LogP contribution in [0.25, 0.3) is 87.6 Å². The molecule has 11 aromatic rings. The quantitative estimate of drug-likeness (QED) is 0.160. The van der Waals surface area contributed by atoms with Crippen LogP contribution in [0.5, 0.6) is 0 Å². The van der Waals surface area contributed by atoms with Gasteiger partial charge in [-0.3, -0.25) is 0 Å². The molecule has 0 aliphatic rings. The molecule has 56 heavy (non-hydrogen) atoms. The smallest absolute Gasteiger partial charge is 0.137 e. The zero-order valence-electron chi connectivity index (χ0n) is 30.6. The molecule has 0 amide bonds. The Morgan fingerprint density at radius 3 is 1.46 bits per heavy atom. The van der Waals surface area contributed by atoms with Crippen LogP contribution < -0.4 is 4.90 Å². The predicted molar refractivity (Wildman–Crippen MR) is 237 cm³/mol. The first-order chi connectivity index (χ1) is 27.7. The first-order valence-corrected chi connectivity index (χ1v) is 19.2. The van der Waals surface area contributed by atoms with E-state index in [2.05, 4.69) is 205 Å². The molecule has 0 N–H and O–H groups in total. The van der Waals surface area contributed by atoms with E-state index in [0.29, 0.717) is 0 Å². The molecule has 2 nitrogen and oxygen atoms in total. The molecule has 0 fully saturated rings. The van der Waals surface area contributed by atoms with Crippen molar-refractivity contribution in [2.24, 2.45) is 0 Å². The van der Waals surface area contributed by atoms with Crippen LogP contribution in [-0.2, 0) is 0 Å². The summed E-state index contributed by atoms with van der Waals surface area (Å²) >= 11 is 0. The van der Waals surface area contributed by atoms with E-state index < -0.39 is 0 Å². The number of anilines is 3. The van der Waals surface area contributed by atoms with E-state index in [1.165, 1.54) is 65.7 Å². The average Bonchev–Trinajstić information content (AvgIpc) is 3.66. The van der Waals surface area contributed by atoms with Crippen molar-refractivity contribution < 1.29 is 4.42 Å². The number of hydrogen-bond acceptors (Lipinski definition) is 2. The Morgan fingerprint density at radius 2 is 0.750 bits per heavy atom. The second-order valence-electron chi connectivity index (χ2n) is 14.5. The molecule has 1 heterocycles. The molecule has 0 unspecified atom stereocenters. The topological polar surface area (TPSA) is 16.4 Å². The lowest BCUT2D eigenvalue weighted by molar-refractivity contribution is 0.669. The maximum atomic E-state index is 6.36. The summed E-state index contributed by atoms with van der Waals surface area (Å²) in [6.45, 7) is 0. The lowest BCUT2D eigenvalue weighted by Crippen LogP contribution is -2.10. The van der Waals surface area contributed by atoms with Gasteiger partial charge < -0.3 is 9.32 Å². The third-order valence-electron chi connectivity index (χ3n) is 11.3. The number of nitrogens with zero attached hydrogens (tertiary/aromatic N) is 1. The number of benzene rings is 10. The zero-order valence-corrected chi connectivity index (χ0v) is 30.6. The lowest BCUT2D eigenvalue weighted by atomic mass is 9.96. The maximum absolute atomic E-state index is 6.36. The molecule has 11 rings (SSSR count). The Morgan fingerprint density at radius 1 is 0.286 bits per heavy atom. The van der Waals surface area contributed by atoms with Crippen molar-refractivity contribution in [2.45, 2.75) is 0 Å². The van der Waals surface area contributed by atoms with Crippen LogP contribution in [0.1, 0.15) is 0 Å². The highest BCUT2D eigenvalue weighted by atomic mass is 16.3. The lowest BCUT2D eigenvalue weighted by Gasteiger charge is -2.26. The first kappa shape index (κ1) is 32.0. The highest BCUT2D eigenvalue weighted by Crippen LogP contribution is 2.44. The summed E-state index contributed by atoms with van der Waals surface area (Å²) in [5, 5.41) is 9.80. The second-order valence-corrected chi connectivity index (χ2v) is 14.5. The van der Waals surface area contributed by atoms with Gasteiger partial charge in [0, 0.05) is 16.8 Å². The van der Waals surface area contributed by atoms with Gasteiger partial charge in [0.05, 0.1) is 11.1 Å². The molecule has 262 valence electrons. The Balaban J connectivity index is 0.953. The van der Waals surface area contributed by atoms with Gasteiger partial charge in [-0.15, -0.1) is 0 Å². The minimum Gasteiger partial charge on any atom is -0.456 e. The van der Waals surface area contributed by atoms with Crippen LogP contribution >= 0.6 is 0 Å². The second kappa shape index (κ2) is 13.2. The van der Waals surface area contributed by atoms with Crippen LogP contribution in [-0.4, -0.2) is 0 Å². The fourth-order valence-electron chi connectivity index (χ4n) is 8.39. The van der Waals surface area contributed by atoms with Crippen molar-refractivity contribution in [3.8, 4) is 33.4 Å². The van der Waals surface area contributed by atoms with E-state index in [0.717, 1.165) is 39.0 Å². The molecule has 0 atom stereocenters. The molecule has 0 aliphatic heterocycles. The molecule has 2 heteroatoms. The Bertz CT molecular complexity index is 3230. The molecule has 0 radical (unpaired) electrons. The van der Waals surface area contributed by atoms with Gasteiger partial charge in [0.1, 0.15) is 11.2 Å². The summed E-state index contributed by atoms with van der Waals surface area (Å²) in [6, 6.07) is 76.5. The fourth-order valence-corrected chi connectivity index (χ4v) is 8.39. The van der Waals surface area contributed by atoms with Crippen LogP contribution in [0, 0.1) is 0 Å². The molecule has 0 saturated heterocycles. The predicted octanol–water partition coefficient (Wildman–Crippen LogP) is 15.5. The Hall–Kier alpha value is -7.42. The Labute approximate surface area is 325 Å². The summed E-state index contributed by atoms with van der Waals surface area (Å²) in [7, 11) is 0. The van der Waals surface area contributed by atoms with E-state index in [1.807, 2.05) is 12.1 Å². The summed E-state index contributed by atoms with van der Waals surface area (Å²) in [4.78, 5) is 2.35. The minimum atomic E-state index is 0.873. The van der Waals surface area contributed by atoms with Crippen molar-refractivity contribution in [2.75, 3.05) is 4.90 Å². The number of hydrogen-bond donors (Lipinski definition) is 0.